The van der Waals surface area contributed by atoms with E-state index in [2.05, 4.69) is 60.5 Å². The van der Waals surface area contributed by atoms with Gasteiger partial charge in [-0.1, -0.05) is 57.0 Å². The predicted octanol–water partition coefficient (Wildman–Crippen LogP) is 6.33. The number of pyridine rings is 1. The zero-order chi connectivity index (χ0) is 26.5. The minimum atomic E-state index is -0.936. The van der Waals surface area contributed by atoms with Crippen molar-refractivity contribution in [3.8, 4) is 17.0 Å². The number of amides is 1. The first-order chi connectivity index (χ1) is 17.9. The van der Waals surface area contributed by atoms with Crippen molar-refractivity contribution in [3.05, 3.63) is 83.6 Å². The van der Waals surface area contributed by atoms with Crippen LogP contribution in [0.15, 0.2) is 66.9 Å². The maximum atomic E-state index is 12.0. The summed E-state index contributed by atoms with van der Waals surface area (Å²) in [6, 6.07) is 19.9. The highest BCUT2D eigenvalue weighted by Crippen LogP contribution is 2.20. The van der Waals surface area contributed by atoms with Gasteiger partial charge in [0.25, 0.3) is 5.91 Å². The number of ether oxygens (including phenoxy) is 1. The van der Waals surface area contributed by atoms with Gasteiger partial charge in [-0.3, -0.25) is 14.6 Å². The number of carboxylic acid groups (broad SMARTS) is 1. The Morgan fingerprint density at radius 3 is 2.24 bits per heavy atom. The van der Waals surface area contributed by atoms with Crippen molar-refractivity contribution in [2.75, 3.05) is 13.2 Å². The first-order valence-electron chi connectivity index (χ1n) is 13.2. The lowest BCUT2D eigenvalue weighted by atomic mass is 10.0. The highest BCUT2D eigenvalue weighted by molar-refractivity contribution is 5.94. The Labute approximate surface area is 220 Å². The third-order valence-electron chi connectivity index (χ3n) is 6.09. The normalized spacial score (nSPS) is 10.9. The summed E-state index contributed by atoms with van der Waals surface area (Å²) in [5, 5.41) is 11.2. The van der Waals surface area contributed by atoms with Crippen LogP contribution in [0.1, 0.15) is 67.4 Å². The fourth-order valence-electron chi connectivity index (χ4n) is 4.09. The molecule has 1 amide bonds. The molecule has 0 spiro atoms. The minimum Gasteiger partial charge on any atom is -0.494 e. The molecule has 37 heavy (non-hydrogen) atoms. The molecule has 0 aliphatic rings. The second kappa shape index (κ2) is 14.8. The molecule has 3 rings (SSSR count). The number of benzene rings is 2. The van der Waals surface area contributed by atoms with Crippen molar-refractivity contribution in [2.45, 2.75) is 58.8 Å². The standard InChI is InChI=1S/C31H38N2O4/c1-23(2)21-24-8-11-26(12-9-24)29-17-10-25(22-33-29)7-5-3-4-6-20-37-28-15-13-27(14-16-28)31(36)32-19-18-30(34)35/h8-17,22-23H,3-7,18-21H2,1-2H3,(H,32,36)(H,34,35). The number of carboxylic acids is 1. The molecule has 196 valence electrons. The second-order valence-electron chi connectivity index (χ2n) is 9.78. The van der Waals surface area contributed by atoms with Crippen LogP contribution >= 0.6 is 0 Å². The number of nitrogens with one attached hydrogen (secondary N) is 1. The molecule has 0 atom stereocenters. The molecule has 0 bridgehead atoms. The predicted molar refractivity (Wildman–Crippen MR) is 147 cm³/mol. The Morgan fingerprint density at radius 2 is 1.59 bits per heavy atom. The quantitative estimate of drug-likeness (QED) is 0.237. The van der Waals surface area contributed by atoms with E-state index in [1.807, 2.05) is 6.20 Å². The molecule has 2 N–H and O–H groups in total. The van der Waals surface area contributed by atoms with Crippen molar-refractivity contribution >= 4 is 11.9 Å². The van der Waals surface area contributed by atoms with Gasteiger partial charge in [0.1, 0.15) is 5.75 Å². The van der Waals surface area contributed by atoms with Gasteiger partial charge in [0.2, 0.25) is 0 Å². The fourth-order valence-corrected chi connectivity index (χ4v) is 4.09. The molecule has 0 unspecified atom stereocenters. The Balaban J connectivity index is 1.29. The number of nitrogens with zero attached hydrogens (tertiary/aromatic N) is 1. The van der Waals surface area contributed by atoms with E-state index in [0.717, 1.165) is 55.5 Å². The van der Waals surface area contributed by atoms with Crippen LogP contribution in [0.3, 0.4) is 0 Å². The van der Waals surface area contributed by atoms with Gasteiger partial charge in [-0.15, -0.1) is 0 Å². The number of aromatic nitrogens is 1. The summed E-state index contributed by atoms with van der Waals surface area (Å²) < 4.78 is 5.78. The first kappa shape index (κ1) is 27.9. The van der Waals surface area contributed by atoms with E-state index in [1.165, 1.54) is 11.1 Å². The SMILES string of the molecule is CC(C)Cc1ccc(-c2ccc(CCCCCCOc3ccc(C(=O)NCCC(=O)O)cc3)cn2)cc1. The Hall–Kier alpha value is -3.67. The molecule has 2 aromatic carbocycles. The Bertz CT molecular complexity index is 1110. The van der Waals surface area contributed by atoms with Crippen molar-refractivity contribution in [3.63, 3.8) is 0 Å². The van der Waals surface area contributed by atoms with Crippen LogP contribution in [-0.2, 0) is 17.6 Å². The van der Waals surface area contributed by atoms with Gasteiger partial charge in [0, 0.05) is 23.9 Å². The molecule has 6 heteroatoms. The fraction of sp³-hybridized carbons (Fsp3) is 0.387. The molecular weight excluding hydrogens is 464 g/mol. The largest absolute Gasteiger partial charge is 0.494 e. The van der Waals surface area contributed by atoms with Crippen LogP contribution < -0.4 is 10.1 Å². The van der Waals surface area contributed by atoms with E-state index in [1.54, 1.807) is 24.3 Å². The monoisotopic (exact) mass is 502 g/mol. The van der Waals surface area contributed by atoms with E-state index >= 15 is 0 Å². The van der Waals surface area contributed by atoms with Gasteiger partial charge >= 0.3 is 5.97 Å². The third-order valence-corrected chi connectivity index (χ3v) is 6.09. The first-order valence-corrected chi connectivity index (χ1v) is 13.2. The molecule has 0 aliphatic heterocycles. The number of rotatable bonds is 15. The molecule has 3 aromatic rings. The Morgan fingerprint density at radius 1 is 0.892 bits per heavy atom. The summed E-state index contributed by atoms with van der Waals surface area (Å²) in [6.45, 7) is 5.23. The molecular formula is C31H38N2O4. The smallest absolute Gasteiger partial charge is 0.305 e. The van der Waals surface area contributed by atoms with Crippen LogP contribution in [0.4, 0.5) is 0 Å². The summed E-state index contributed by atoms with van der Waals surface area (Å²) in [4.78, 5) is 27.2. The van der Waals surface area contributed by atoms with Crippen LogP contribution in [-0.4, -0.2) is 35.1 Å². The van der Waals surface area contributed by atoms with E-state index in [9.17, 15) is 9.59 Å². The van der Waals surface area contributed by atoms with Crippen molar-refractivity contribution in [2.24, 2.45) is 5.92 Å². The zero-order valence-corrected chi connectivity index (χ0v) is 21.9. The topological polar surface area (TPSA) is 88.5 Å². The summed E-state index contributed by atoms with van der Waals surface area (Å²) in [5.74, 6) is 0.166. The lowest BCUT2D eigenvalue weighted by molar-refractivity contribution is -0.136. The number of unbranched alkanes of at least 4 members (excludes halogenated alkanes) is 3. The van der Waals surface area contributed by atoms with Gasteiger partial charge < -0.3 is 15.2 Å². The molecule has 0 saturated heterocycles. The molecule has 0 aliphatic carbocycles. The second-order valence-corrected chi connectivity index (χ2v) is 9.78. The number of aliphatic carboxylic acids is 1. The highest BCUT2D eigenvalue weighted by atomic mass is 16.5. The molecule has 1 heterocycles. The Kier molecular flexibility index (Phi) is 11.2. The molecule has 1 aromatic heterocycles. The number of aryl methyl sites for hydroxylation is 1. The summed E-state index contributed by atoms with van der Waals surface area (Å²) in [5.41, 5.74) is 5.30. The highest BCUT2D eigenvalue weighted by Gasteiger charge is 2.07. The van der Waals surface area contributed by atoms with Crippen LogP contribution in [0, 0.1) is 5.92 Å². The summed E-state index contributed by atoms with van der Waals surface area (Å²) >= 11 is 0. The lowest BCUT2D eigenvalue weighted by Crippen LogP contribution is -2.25. The molecule has 0 radical (unpaired) electrons. The molecule has 6 nitrogen and oxygen atoms in total. The van der Waals surface area contributed by atoms with E-state index < -0.39 is 5.97 Å². The van der Waals surface area contributed by atoms with Crippen molar-refractivity contribution in [1.29, 1.82) is 0 Å². The maximum Gasteiger partial charge on any atom is 0.305 e. The van der Waals surface area contributed by atoms with E-state index in [0.29, 0.717) is 18.1 Å². The lowest BCUT2D eigenvalue weighted by Gasteiger charge is -2.08. The number of hydrogen-bond donors (Lipinski definition) is 2. The van der Waals surface area contributed by atoms with Crippen LogP contribution in [0.5, 0.6) is 5.75 Å². The third kappa shape index (κ3) is 10.1. The summed E-state index contributed by atoms with van der Waals surface area (Å²) in [6.07, 6.45) is 8.36. The number of carbonyl (C=O) groups is 2. The van der Waals surface area contributed by atoms with Crippen LogP contribution in [0.2, 0.25) is 0 Å². The van der Waals surface area contributed by atoms with Crippen LogP contribution in [0.25, 0.3) is 11.3 Å². The van der Waals surface area contributed by atoms with E-state index in [4.69, 9.17) is 9.84 Å². The molecule has 0 fully saturated rings. The number of hydrogen-bond acceptors (Lipinski definition) is 4. The van der Waals surface area contributed by atoms with Gasteiger partial charge in [0.15, 0.2) is 0 Å². The van der Waals surface area contributed by atoms with Gasteiger partial charge in [-0.2, -0.15) is 0 Å². The minimum absolute atomic E-state index is 0.0935. The van der Waals surface area contributed by atoms with Gasteiger partial charge in [0.05, 0.1) is 18.7 Å². The summed E-state index contributed by atoms with van der Waals surface area (Å²) in [7, 11) is 0. The van der Waals surface area contributed by atoms with Crippen molar-refractivity contribution in [1.82, 2.24) is 10.3 Å². The molecule has 0 saturated carbocycles. The zero-order valence-electron chi connectivity index (χ0n) is 21.9. The van der Waals surface area contributed by atoms with E-state index in [-0.39, 0.29) is 18.9 Å². The van der Waals surface area contributed by atoms with Gasteiger partial charge in [-0.05, 0) is 73.1 Å². The number of carbonyl (C=O) groups excluding carboxylic acids is 1. The van der Waals surface area contributed by atoms with Gasteiger partial charge in [-0.25, -0.2) is 0 Å². The van der Waals surface area contributed by atoms with Crippen molar-refractivity contribution < 1.29 is 19.4 Å². The average Bonchev–Trinajstić information content (AvgIpc) is 2.89. The maximum absolute atomic E-state index is 12.0. The average molecular weight is 503 g/mol.